The average Bonchev–Trinajstić information content (AvgIpc) is 3.01. The maximum absolute atomic E-state index is 2.73. The normalized spacial score (nSPS) is 15.6. The topological polar surface area (TPSA) is 6.48 Å². The summed E-state index contributed by atoms with van der Waals surface area (Å²) in [4.78, 5) is 5.07. The van der Waals surface area contributed by atoms with Crippen molar-refractivity contribution in [1.29, 1.82) is 0 Å². The minimum Gasteiger partial charge on any atom is -0.308 e. The fourth-order valence-electron chi connectivity index (χ4n) is 6.82. The summed E-state index contributed by atoms with van der Waals surface area (Å²) in [6.07, 6.45) is 54.4. The van der Waals surface area contributed by atoms with Gasteiger partial charge in [-0.3, -0.25) is 0 Å². The summed E-state index contributed by atoms with van der Waals surface area (Å²) in [7, 11) is 4.42. The first-order valence-electron chi connectivity index (χ1n) is 20.1. The number of likely N-dealkylation sites (N-methyl/N-ethyl adjacent to an activating group) is 1. The minimum absolute atomic E-state index is 0.636. The molecule has 0 spiro atoms. The van der Waals surface area contributed by atoms with Crippen molar-refractivity contribution in [3.8, 4) is 0 Å². The maximum Gasteiger partial charge on any atom is 0.0110 e. The van der Waals surface area contributed by atoms with E-state index in [0.717, 1.165) is 12.8 Å². The third-order valence-corrected chi connectivity index (χ3v) is 9.80. The van der Waals surface area contributed by atoms with Gasteiger partial charge in [-0.25, -0.2) is 0 Å². The molecule has 0 aromatic heterocycles. The van der Waals surface area contributed by atoms with Crippen LogP contribution >= 0.6 is 0 Å². The highest BCUT2D eigenvalue weighted by Gasteiger charge is 2.41. The highest BCUT2D eigenvalue weighted by Crippen LogP contribution is 2.40. The van der Waals surface area contributed by atoms with E-state index in [-0.39, 0.29) is 0 Å². The van der Waals surface area contributed by atoms with E-state index in [4.69, 9.17) is 0 Å². The second kappa shape index (κ2) is 31.5. The van der Waals surface area contributed by atoms with Crippen molar-refractivity contribution in [3.63, 3.8) is 0 Å². The molecule has 1 aliphatic heterocycles. The number of unbranched alkanes of at least 4 members (excludes halogenated alkanes) is 18. The maximum atomic E-state index is 2.73. The Bertz CT molecular complexity index is 674. The predicted octanol–water partition coefficient (Wildman–Crippen LogP) is 13.3. The van der Waals surface area contributed by atoms with Gasteiger partial charge in [-0.1, -0.05) is 152 Å². The largest absolute Gasteiger partial charge is 0.308 e. The Hall–Kier alpha value is -1.12. The van der Waals surface area contributed by atoms with Gasteiger partial charge >= 0.3 is 0 Å². The Morgan fingerprint density at radius 1 is 0.467 bits per heavy atom. The summed E-state index contributed by atoms with van der Waals surface area (Å²) in [5.74, 6) is 0. The summed E-state index contributed by atoms with van der Waals surface area (Å²) < 4.78 is 0. The molecular formula is C43H80N2. The molecule has 0 amide bonds. The van der Waals surface area contributed by atoms with Gasteiger partial charge in [0.1, 0.15) is 0 Å². The highest BCUT2D eigenvalue weighted by molar-refractivity contribution is 4.95. The van der Waals surface area contributed by atoms with Gasteiger partial charge in [0, 0.05) is 26.2 Å². The number of nitrogens with zero attached hydrogens (tertiary/aromatic N) is 2. The van der Waals surface area contributed by atoms with Crippen LogP contribution in [0, 0.1) is 5.41 Å². The van der Waals surface area contributed by atoms with Crippen molar-refractivity contribution in [2.24, 2.45) is 5.41 Å². The second-order valence-electron chi connectivity index (χ2n) is 14.7. The average molecular weight is 625 g/mol. The third-order valence-electron chi connectivity index (χ3n) is 9.80. The van der Waals surface area contributed by atoms with Gasteiger partial charge in [0.15, 0.2) is 0 Å². The molecule has 1 heterocycles. The van der Waals surface area contributed by atoms with Crippen molar-refractivity contribution in [2.75, 3.05) is 40.3 Å². The minimum atomic E-state index is 0.636. The summed E-state index contributed by atoms with van der Waals surface area (Å²) in [5.41, 5.74) is 0.636. The second-order valence-corrected chi connectivity index (χ2v) is 14.7. The number of likely N-dealkylation sites (tertiary alicyclic amines) is 1. The molecule has 0 unspecified atom stereocenters. The SMILES string of the molecule is CCCCC/C=C\C/C=C\CCCCCCCCC1(CCCCCCCC/C=C\C/C=C\CCCCC)CN(CCN(C)C)C1. The Kier molecular flexibility index (Phi) is 29.3. The number of hydrogen-bond acceptors (Lipinski definition) is 2. The molecule has 0 aromatic carbocycles. The van der Waals surface area contributed by atoms with Crippen LogP contribution in [0.25, 0.3) is 0 Å². The molecule has 1 rings (SSSR count). The predicted molar refractivity (Wildman–Crippen MR) is 205 cm³/mol. The van der Waals surface area contributed by atoms with E-state index < -0.39 is 0 Å². The monoisotopic (exact) mass is 625 g/mol. The lowest BCUT2D eigenvalue weighted by molar-refractivity contribution is -0.0197. The van der Waals surface area contributed by atoms with E-state index >= 15 is 0 Å². The van der Waals surface area contributed by atoms with Crippen LogP contribution in [0.1, 0.15) is 181 Å². The zero-order valence-electron chi connectivity index (χ0n) is 31.2. The first-order valence-corrected chi connectivity index (χ1v) is 20.1. The van der Waals surface area contributed by atoms with E-state index in [2.05, 4.69) is 86.4 Å². The van der Waals surface area contributed by atoms with Gasteiger partial charge in [-0.05, 0) is 96.6 Å². The molecule has 0 bridgehead atoms. The van der Waals surface area contributed by atoms with E-state index in [1.165, 1.54) is 180 Å². The summed E-state index contributed by atoms with van der Waals surface area (Å²) in [6.45, 7) is 9.73. The molecule has 0 radical (unpaired) electrons. The zero-order chi connectivity index (χ0) is 32.5. The van der Waals surface area contributed by atoms with Crippen LogP contribution in [0.2, 0.25) is 0 Å². The molecule has 0 atom stereocenters. The van der Waals surface area contributed by atoms with Crippen LogP contribution in [-0.4, -0.2) is 50.1 Å². The Labute approximate surface area is 284 Å². The molecule has 45 heavy (non-hydrogen) atoms. The molecule has 1 fully saturated rings. The fraction of sp³-hybridized carbons (Fsp3) is 0.814. The van der Waals surface area contributed by atoms with Crippen molar-refractivity contribution >= 4 is 0 Å². The molecule has 262 valence electrons. The lowest BCUT2D eigenvalue weighted by Crippen LogP contribution is -2.57. The van der Waals surface area contributed by atoms with Crippen molar-refractivity contribution < 1.29 is 0 Å². The Balaban J connectivity index is 2.09. The molecule has 0 saturated carbocycles. The Morgan fingerprint density at radius 2 is 0.822 bits per heavy atom. The van der Waals surface area contributed by atoms with E-state index in [0.29, 0.717) is 5.41 Å². The van der Waals surface area contributed by atoms with Crippen LogP contribution < -0.4 is 0 Å². The lowest BCUT2D eigenvalue weighted by Gasteiger charge is -2.51. The van der Waals surface area contributed by atoms with Gasteiger partial charge in [0.2, 0.25) is 0 Å². The first-order chi connectivity index (χ1) is 22.1. The Morgan fingerprint density at radius 3 is 1.20 bits per heavy atom. The molecule has 0 aromatic rings. The quantitative estimate of drug-likeness (QED) is 0.0529. The van der Waals surface area contributed by atoms with Gasteiger partial charge in [0.25, 0.3) is 0 Å². The van der Waals surface area contributed by atoms with Crippen LogP contribution in [-0.2, 0) is 0 Å². The van der Waals surface area contributed by atoms with Crippen LogP contribution in [0.15, 0.2) is 48.6 Å². The van der Waals surface area contributed by atoms with Crippen molar-refractivity contribution in [1.82, 2.24) is 9.80 Å². The molecule has 0 aliphatic carbocycles. The van der Waals surface area contributed by atoms with Gasteiger partial charge in [-0.2, -0.15) is 0 Å². The molecule has 2 heteroatoms. The lowest BCUT2D eigenvalue weighted by atomic mass is 9.71. The number of hydrogen-bond donors (Lipinski definition) is 0. The van der Waals surface area contributed by atoms with E-state index in [1.807, 2.05) is 0 Å². The van der Waals surface area contributed by atoms with Crippen LogP contribution in [0.4, 0.5) is 0 Å². The smallest absolute Gasteiger partial charge is 0.0110 e. The fourth-order valence-corrected chi connectivity index (χ4v) is 6.82. The number of allylic oxidation sites excluding steroid dienone is 8. The standard InChI is InChI=1S/C43H80N2/c1-5-7-9-11-13-15-17-19-21-23-25-27-29-31-33-35-37-43(41-45(42-43)40-39-44(3)4)38-36-34-32-30-28-26-24-22-20-18-16-14-12-10-8-6-2/h13-16,19-22H,5-12,17-18,23-42H2,1-4H3/b15-13-,16-14-,21-19-,22-20-. The molecule has 2 nitrogen and oxygen atoms in total. The highest BCUT2D eigenvalue weighted by atomic mass is 15.2. The molecular weight excluding hydrogens is 544 g/mol. The zero-order valence-corrected chi connectivity index (χ0v) is 31.2. The summed E-state index contributed by atoms with van der Waals surface area (Å²) >= 11 is 0. The van der Waals surface area contributed by atoms with Crippen LogP contribution in [0.3, 0.4) is 0 Å². The van der Waals surface area contributed by atoms with Gasteiger partial charge in [0.05, 0.1) is 0 Å². The van der Waals surface area contributed by atoms with Crippen LogP contribution in [0.5, 0.6) is 0 Å². The first kappa shape index (κ1) is 41.9. The van der Waals surface area contributed by atoms with Crippen molar-refractivity contribution in [3.05, 3.63) is 48.6 Å². The van der Waals surface area contributed by atoms with E-state index in [9.17, 15) is 0 Å². The van der Waals surface area contributed by atoms with Crippen molar-refractivity contribution in [2.45, 2.75) is 181 Å². The summed E-state index contributed by atoms with van der Waals surface area (Å²) in [5, 5.41) is 0. The summed E-state index contributed by atoms with van der Waals surface area (Å²) in [6, 6.07) is 0. The van der Waals surface area contributed by atoms with E-state index in [1.54, 1.807) is 0 Å². The van der Waals surface area contributed by atoms with Gasteiger partial charge in [-0.15, -0.1) is 0 Å². The molecule has 1 saturated heterocycles. The van der Waals surface area contributed by atoms with Gasteiger partial charge < -0.3 is 9.80 Å². The molecule has 1 aliphatic rings. The molecule has 0 N–H and O–H groups in total. The number of rotatable bonds is 33. The third kappa shape index (κ3) is 26.6.